The molecule has 0 radical (unpaired) electrons. The number of hydrogen-bond donors (Lipinski definition) is 1. The number of carbonyl (C=O) groups is 1. The predicted molar refractivity (Wildman–Crippen MR) is 100 cm³/mol. The molecule has 1 aromatic carbocycles. The number of aromatic nitrogens is 4. The van der Waals surface area contributed by atoms with Gasteiger partial charge in [-0.25, -0.2) is 9.50 Å². The van der Waals surface area contributed by atoms with E-state index in [2.05, 4.69) is 20.4 Å². The Bertz CT molecular complexity index is 1120. The molecule has 3 heterocycles. The summed E-state index contributed by atoms with van der Waals surface area (Å²) in [4.78, 5) is 21.0. The summed E-state index contributed by atoms with van der Waals surface area (Å²) in [6.45, 7) is 1.86. The molecule has 0 aliphatic carbocycles. The van der Waals surface area contributed by atoms with Crippen molar-refractivity contribution < 1.29 is 4.79 Å². The lowest BCUT2D eigenvalue weighted by Crippen LogP contribution is -2.15. The van der Waals surface area contributed by atoms with E-state index in [4.69, 9.17) is 11.6 Å². The number of aryl methyl sites for hydroxylation is 1. The van der Waals surface area contributed by atoms with E-state index in [0.29, 0.717) is 27.7 Å². The molecule has 0 saturated heterocycles. The zero-order chi connectivity index (χ0) is 18.1. The Hall–Kier alpha value is -3.25. The van der Waals surface area contributed by atoms with Gasteiger partial charge in [0.05, 0.1) is 16.9 Å². The summed E-state index contributed by atoms with van der Waals surface area (Å²) in [5.41, 5.74) is 3.86. The molecule has 0 aliphatic rings. The van der Waals surface area contributed by atoms with E-state index in [-0.39, 0.29) is 5.91 Å². The average molecular weight is 364 g/mol. The van der Waals surface area contributed by atoms with Crippen molar-refractivity contribution in [1.29, 1.82) is 0 Å². The van der Waals surface area contributed by atoms with Crippen molar-refractivity contribution in [3.63, 3.8) is 0 Å². The van der Waals surface area contributed by atoms with Gasteiger partial charge < -0.3 is 5.32 Å². The molecule has 0 atom stereocenters. The molecule has 0 unspecified atom stereocenters. The Morgan fingerprint density at radius 1 is 1.12 bits per heavy atom. The fourth-order valence-corrected chi connectivity index (χ4v) is 2.89. The summed E-state index contributed by atoms with van der Waals surface area (Å²) < 4.78 is 1.52. The molecule has 0 saturated carbocycles. The third kappa shape index (κ3) is 3.02. The first-order chi connectivity index (χ1) is 12.6. The van der Waals surface area contributed by atoms with Crippen LogP contribution in [0.3, 0.4) is 0 Å². The number of fused-ring (bicyclic) bond motifs is 1. The average Bonchev–Trinajstić information content (AvgIpc) is 3.05. The van der Waals surface area contributed by atoms with Crippen molar-refractivity contribution in [3.8, 4) is 11.3 Å². The van der Waals surface area contributed by atoms with E-state index in [1.165, 1.54) is 10.7 Å². The van der Waals surface area contributed by atoms with Gasteiger partial charge in [-0.1, -0.05) is 29.8 Å². The van der Waals surface area contributed by atoms with Gasteiger partial charge in [0.2, 0.25) is 0 Å². The van der Waals surface area contributed by atoms with Crippen molar-refractivity contribution in [2.45, 2.75) is 6.92 Å². The third-order valence-corrected chi connectivity index (χ3v) is 4.23. The van der Waals surface area contributed by atoms with E-state index < -0.39 is 0 Å². The summed E-state index contributed by atoms with van der Waals surface area (Å²) in [5, 5.41) is 7.98. The minimum absolute atomic E-state index is 0.299. The molecule has 4 aromatic rings. The molecule has 3 aromatic heterocycles. The number of pyridine rings is 1. The number of anilines is 1. The summed E-state index contributed by atoms with van der Waals surface area (Å²) in [7, 11) is 0. The number of halogens is 1. The van der Waals surface area contributed by atoms with Crippen molar-refractivity contribution in [3.05, 3.63) is 77.3 Å². The molecular weight excluding hydrogens is 350 g/mol. The highest BCUT2D eigenvalue weighted by molar-refractivity contribution is 6.33. The number of benzene rings is 1. The summed E-state index contributed by atoms with van der Waals surface area (Å²) >= 11 is 6.26. The van der Waals surface area contributed by atoms with Gasteiger partial charge in [-0.15, -0.1) is 0 Å². The first-order valence-electron chi connectivity index (χ1n) is 7.95. The highest BCUT2D eigenvalue weighted by atomic mass is 35.5. The van der Waals surface area contributed by atoms with Crippen molar-refractivity contribution in [1.82, 2.24) is 19.6 Å². The van der Waals surface area contributed by atoms with Crippen LogP contribution in [0.4, 0.5) is 5.69 Å². The second-order valence-electron chi connectivity index (χ2n) is 5.75. The van der Waals surface area contributed by atoms with Crippen molar-refractivity contribution in [2.24, 2.45) is 0 Å². The number of amides is 1. The van der Waals surface area contributed by atoms with Crippen LogP contribution in [-0.2, 0) is 0 Å². The molecule has 4 rings (SSSR count). The molecule has 0 aliphatic heterocycles. The van der Waals surface area contributed by atoms with Gasteiger partial charge in [-0.05, 0) is 37.3 Å². The Morgan fingerprint density at radius 3 is 2.77 bits per heavy atom. The lowest BCUT2D eigenvalue weighted by Gasteiger charge is -2.07. The van der Waals surface area contributed by atoms with Crippen molar-refractivity contribution >= 4 is 28.8 Å². The molecule has 128 valence electrons. The molecule has 7 heteroatoms. The normalized spacial score (nSPS) is 10.8. The lowest BCUT2D eigenvalue weighted by molar-refractivity contribution is 0.102. The summed E-state index contributed by atoms with van der Waals surface area (Å²) in [6.07, 6.45) is 3.15. The van der Waals surface area contributed by atoms with Gasteiger partial charge in [-0.3, -0.25) is 9.78 Å². The lowest BCUT2D eigenvalue weighted by atomic mass is 10.1. The minimum Gasteiger partial charge on any atom is -0.320 e. The van der Waals surface area contributed by atoms with E-state index >= 15 is 0 Å². The molecule has 1 amide bonds. The number of rotatable bonds is 3. The van der Waals surface area contributed by atoms with Gasteiger partial charge in [0, 0.05) is 23.1 Å². The number of nitrogens with one attached hydrogen (secondary N) is 1. The summed E-state index contributed by atoms with van der Waals surface area (Å²) in [5.74, 6) is -0.299. The monoisotopic (exact) mass is 363 g/mol. The Balaban J connectivity index is 1.73. The Morgan fingerprint density at radius 2 is 1.96 bits per heavy atom. The van der Waals surface area contributed by atoms with E-state index in [1.807, 2.05) is 31.2 Å². The molecule has 0 bridgehead atoms. The quantitative estimate of drug-likeness (QED) is 0.597. The maximum atomic E-state index is 12.7. The van der Waals surface area contributed by atoms with Crippen LogP contribution >= 0.6 is 11.6 Å². The van der Waals surface area contributed by atoms with Crippen LogP contribution < -0.4 is 5.32 Å². The molecular formula is C19H14ClN5O. The zero-order valence-electron chi connectivity index (χ0n) is 13.8. The zero-order valence-corrected chi connectivity index (χ0v) is 14.6. The van der Waals surface area contributed by atoms with Gasteiger partial charge in [0.25, 0.3) is 5.91 Å². The second kappa shape index (κ2) is 6.57. The van der Waals surface area contributed by atoms with Crippen LogP contribution in [0.1, 0.15) is 16.2 Å². The van der Waals surface area contributed by atoms with E-state index in [0.717, 1.165) is 11.3 Å². The number of nitrogens with zero attached hydrogens (tertiary/aromatic N) is 4. The predicted octanol–water partition coefficient (Wildman–Crippen LogP) is 4.01. The Kier molecular flexibility index (Phi) is 4.10. The van der Waals surface area contributed by atoms with Crippen LogP contribution in [0.15, 0.2) is 60.9 Å². The molecule has 1 N–H and O–H groups in total. The molecule has 0 fully saturated rings. The number of hydrogen-bond acceptors (Lipinski definition) is 4. The smallest absolute Gasteiger partial charge is 0.276 e. The van der Waals surface area contributed by atoms with Crippen LogP contribution in [0.5, 0.6) is 0 Å². The van der Waals surface area contributed by atoms with Crippen molar-refractivity contribution in [2.75, 3.05) is 5.32 Å². The first kappa shape index (κ1) is 16.2. The minimum atomic E-state index is -0.299. The highest BCUT2D eigenvalue weighted by Crippen LogP contribution is 2.26. The van der Waals surface area contributed by atoms with Gasteiger partial charge in [0.1, 0.15) is 0 Å². The van der Waals surface area contributed by atoms with E-state index in [9.17, 15) is 4.79 Å². The third-order valence-electron chi connectivity index (χ3n) is 3.90. The maximum Gasteiger partial charge on any atom is 0.276 e. The summed E-state index contributed by atoms with van der Waals surface area (Å²) in [6, 6.07) is 14.6. The van der Waals surface area contributed by atoms with Gasteiger partial charge >= 0.3 is 0 Å². The van der Waals surface area contributed by atoms with Gasteiger partial charge in [-0.2, -0.15) is 5.10 Å². The molecule has 0 spiro atoms. The Labute approximate surface area is 154 Å². The molecule has 26 heavy (non-hydrogen) atoms. The standard InChI is InChI=1S/C19H14ClN5O/c1-12-10-13(8-9-21-12)23-19(26)17-11-22-18-7-6-16(24-25(17)18)14-4-2-3-5-15(14)20/h2-11H,1H3,(H,21,23,26). The fraction of sp³-hybridized carbons (Fsp3) is 0.0526. The van der Waals surface area contributed by atoms with E-state index in [1.54, 1.807) is 30.5 Å². The van der Waals surface area contributed by atoms with Crippen LogP contribution in [0, 0.1) is 6.92 Å². The first-order valence-corrected chi connectivity index (χ1v) is 8.33. The second-order valence-corrected chi connectivity index (χ2v) is 6.16. The number of carbonyl (C=O) groups excluding carboxylic acids is 1. The fourth-order valence-electron chi connectivity index (χ4n) is 2.66. The van der Waals surface area contributed by atoms with Crippen LogP contribution in [-0.4, -0.2) is 25.5 Å². The largest absolute Gasteiger partial charge is 0.320 e. The topological polar surface area (TPSA) is 72.2 Å². The maximum absolute atomic E-state index is 12.7. The molecule has 6 nitrogen and oxygen atoms in total. The highest BCUT2D eigenvalue weighted by Gasteiger charge is 2.15. The van der Waals surface area contributed by atoms with Crippen LogP contribution in [0.2, 0.25) is 5.02 Å². The number of imidazole rings is 1. The van der Waals surface area contributed by atoms with Gasteiger partial charge in [0.15, 0.2) is 11.3 Å². The SMILES string of the molecule is Cc1cc(NC(=O)c2cnc3ccc(-c4ccccc4Cl)nn23)ccn1. The van der Waals surface area contributed by atoms with Crippen LogP contribution in [0.25, 0.3) is 16.9 Å².